The van der Waals surface area contributed by atoms with Gasteiger partial charge in [0.25, 0.3) is 11.5 Å². The van der Waals surface area contributed by atoms with E-state index in [0.29, 0.717) is 17.1 Å². The molecule has 1 aliphatic heterocycles. The quantitative estimate of drug-likeness (QED) is 0.211. The van der Waals surface area contributed by atoms with Crippen LogP contribution in [-0.4, -0.2) is 34.0 Å². The highest BCUT2D eigenvalue weighted by molar-refractivity contribution is 6.51. The van der Waals surface area contributed by atoms with Crippen LogP contribution in [0.2, 0.25) is 0 Å². The van der Waals surface area contributed by atoms with Crippen molar-refractivity contribution in [1.29, 1.82) is 0 Å². The fraction of sp³-hybridized carbons (Fsp3) is 0.136. The SMILES string of the molecule is COc1cccc(/C(O)=C2\C(=O)C(=O)N(c3cc(C)on3)[C@@H]2c2ccc([N+](=O)[O-])cc2)c1. The summed E-state index contributed by atoms with van der Waals surface area (Å²) in [5, 5.41) is 25.9. The maximum absolute atomic E-state index is 13.0. The molecule has 0 saturated carbocycles. The Morgan fingerprint density at radius 1 is 1.19 bits per heavy atom. The average molecular weight is 435 g/mol. The molecule has 1 saturated heterocycles. The van der Waals surface area contributed by atoms with Gasteiger partial charge in [-0.15, -0.1) is 0 Å². The first-order valence-corrected chi connectivity index (χ1v) is 9.45. The van der Waals surface area contributed by atoms with Crippen LogP contribution in [0.1, 0.15) is 22.9 Å². The van der Waals surface area contributed by atoms with Gasteiger partial charge in [-0.2, -0.15) is 0 Å². The molecule has 10 heteroatoms. The third-order valence-corrected chi connectivity index (χ3v) is 5.07. The van der Waals surface area contributed by atoms with E-state index in [-0.39, 0.29) is 22.6 Å². The van der Waals surface area contributed by atoms with Gasteiger partial charge in [0.2, 0.25) is 0 Å². The molecule has 162 valence electrons. The first-order valence-electron chi connectivity index (χ1n) is 9.45. The van der Waals surface area contributed by atoms with Crippen LogP contribution in [0.25, 0.3) is 5.76 Å². The van der Waals surface area contributed by atoms with Crippen LogP contribution < -0.4 is 9.64 Å². The number of ketones is 1. The monoisotopic (exact) mass is 435 g/mol. The Morgan fingerprint density at radius 3 is 2.50 bits per heavy atom. The smallest absolute Gasteiger partial charge is 0.301 e. The number of rotatable bonds is 5. The van der Waals surface area contributed by atoms with Crippen LogP contribution >= 0.6 is 0 Å². The number of methoxy groups -OCH3 is 1. The molecule has 10 nitrogen and oxygen atoms in total. The van der Waals surface area contributed by atoms with Gasteiger partial charge in [0.15, 0.2) is 5.82 Å². The maximum atomic E-state index is 13.0. The van der Waals surface area contributed by atoms with Crippen molar-refractivity contribution in [2.45, 2.75) is 13.0 Å². The normalized spacial score (nSPS) is 17.6. The lowest BCUT2D eigenvalue weighted by atomic mass is 9.95. The van der Waals surface area contributed by atoms with E-state index in [1.54, 1.807) is 25.1 Å². The third-order valence-electron chi connectivity index (χ3n) is 5.07. The topological polar surface area (TPSA) is 136 Å². The van der Waals surface area contributed by atoms with Crippen LogP contribution in [0.5, 0.6) is 5.75 Å². The first kappa shape index (κ1) is 20.8. The number of carbonyl (C=O) groups is 2. The number of amides is 1. The molecule has 1 aliphatic rings. The Bertz CT molecular complexity index is 1260. The van der Waals surface area contributed by atoms with Crippen LogP contribution in [0.15, 0.2) is 64.7 Å². The standard InChI is InChI=1S/C22H17N3O7/c1-12-10-17(23-32-12)24-19(13-6-8-15(9-7-13)25(29)30)18(21(27)22(24)28)20(26)14-4-3-5-16(11-14)31-2/h3-11,19,26H,1-2H3/b20-18+/t19-/m1/s1. The third kappa shape index (κ3) is 3.47. The fourth-order valence-electron chi connectivity index (χ4n) is 3.56. The summed E-state index contributed by atoms with van der Waals surface area (Å²) < 4.78 is 10.2. The molecule has 0 bridgehead atoms. The predicted octanol–water partition coefficient (Wildman–Crippen LogP) is 3.53. The molecule has 1 aromatic heterocycles. The minimum absolute atomic E-state index is 0.0812. The number of carbonyl (C=O) groups excluding carboxylic acids is 2. The molecule has 1 atom stereocenters. The number of non-ortho nitro benzene ring substituents is 1. The van der Waals surface area contributed by atoms with Gasteiger partial charge in [0.05, 0.1) is 23.6 Å². The zero-order valence-electron chi connectivity index (χ0n) is 17.0. The summed E-state index contributed by atoms with van der Waals surface area (Å²) in [5.41, 5.74) is 0.305. The number of aryl methyl sites for hydroxylation is 1. The lowest BCUT2D eigenvalue weighted by molar-refractivity contribution is -0.384. The Hall–Kier alpha value is -4.47. The number of nitrogens with zero attached hydrogens (tertiary/aromatic N) is 3. The molecule has 32 heavy (non-hydrogen) atoms. The number of nitro groups is 1. The Balaban J connectivity index is 1.93. The Labute approximate surface area is 181 Å². The summed E-state index contributed by atoms with van der Waals surface area (Å²) in [4.78, 5) is 37.6. The molecule has 0 radical (unpaired) electrons. The highest BCUT2D eigenvalue weighted by Crippen LogP contribution is 2.42. The number of hydrogen-bond acceptors (Lipinski definition) is 8. The van der Waals surface area contributed by atoms with Crippen molar-refractivity contribution >= 4 is 29.0 Å². The van der Waals surface area contributed by atoms with Crippen LogP contribution in [-0.2, 0) is 9.59 Å². The van der Waals surface area contributed by atoms with Crippen molar-refractivity contribution in [1.82, 2.24) is 5.16 Å². The van der Waals surface area contributed by atoms with E-state index in [4.69, 9.17) is 9.26 Å². The highest BCUT2D eigenvalue weighted by Gasteiger charge is 2.48. The van der Waals surface area contributed by atoms with Gasteiger partial charge < -0.3 is 14.4 Å². The molecule has 1 fully saturated rings. The number of aliphatic hydroxyl groups is 1. The minimum Gasteiger partial charge on any atom is -0.507 e. The summed E-state index contributed by atoms with van der Waals surface area (Å²) in [7, 11) is 1.46. The molecule has 0 spiro atoms. The first-order chi connectivity index (χ1) is 15.3. The fourth-order valence-corrected chi connectivity index (χ4v) is 3.56. The van der Waals surface area contributed by atoms with E-state index in [1.807, 2.05) is 0 Å². The number of anilines is 1. The molecular weight excluding hydrogens is 418 g/mol. The summed E-state index contributed by atoms with van der Waals surface area (Å²) >= 11 is 0. The van der Waals surface area contributed by atoms with Gasteiger partial charge in [-0.05, 0) is 36.8 Å². The molecule has 3 aromatic rings. The van der Waals surface area contributed by atoms with E-state index < -0.39 is 28.4 Å². The number of nitro benzene ring substituents is 1. The second-order valence-electron chi connectivity index (χ2n) is 7.05. The molecule has 2 aromatic carbocycles. The van der Waals surface area contributed by atoms with Gasteiger partial charge >= 0.3 is 5.91 Å². The molecule has 1 amide bonds. The van der Waals surface area contributed by atoms with Gasteiger partial charge in [-0.1, -0.05) is 17.3 Å². The van der Waals surface area contributed by atoms with Crippen molar-refractivity contribution in [2.75, 3.05) is 12.0 Å². The Morgan fingerprint density at radius 2 is 1.91 bits per heavy atom. The van der Waals surface area contributed by atoms with Gasteiger partial charge in [-0.25, -0.2) is 0 Å². The van der Waals surface area contributed by atoms with Gasteiger partial charge in [0, 0.05) is 23.8 Å². The minimum atomic E-state index is -1.08. The second kappa shape index (κ2) is 7.99. The zero-order valence-corrected chi connectivity index (χ0v) is 17.0. The van der Waals surface area contributed by atoms with Crippen LogP contribution in [0.4, 0.5) is 11.5 Å². The molecular formula is C22H17N3O7. The number of Topliss-reactive ketones (excluding diaryl/α,β-unsaturated/α-hetero) is 1. The summed E-state index contributed by atoms with van der Waals surface area (Å²) in [6.07, 6.45) is 0. The maximum Gasteiger partial charge on any atom is 0.301 e. The highest BCUT2D eigenvalue weighted by atomic mass is 16.6. The largest absolute Gasteiger partial charge is 0.507 e. The van der Waals surface area contributed by atoms with E-state index in [0.717, 1.165) is 4.90 Å². The summed E-state index contributed by atoms with van der Waals surface area (Å²) in [5.74, 6) is -1.30. The zero-order chi connectivity index (χ0) is 23.0. The molecule has 0 aliphatic carbocycles. The number of aromatic nitrogens is 1. The number of ether oxygens (including phenoxy) is 1. The lowest BCUT2D eigenvalue weighted by Crippen LogP contribution is -2.29. The molecule has 1 N–H and O–H groups in total. The van der Waals surface area contributed by atoms with Crippen LogP contribution in [0, 0.1) is 17.0 Å². The van der Waals surface area contributed by atoms with Crippen molar-refractivity contribution in [3.8, 4) is 5.75 Å². The predicted molar refractivity (Wildman–Crippen MR) is 112 cm³/mol. The average Bonchev–Trinajstić information content (AvgIpc) is 3.34. The Kier molecular flexibility index (Phi) is 5.19. The van der Waals surface area contributed by atoms with E-state index in [2.05, 4.69) is 5.16 Å². The lowest BCUT2D eigenvalue weighted by Gasteiger charge is -2.22. The van der Waals surface area contributed by atoms with Crippen molar-refractivity contribution in [2.24, 2.45) is 0 Å². The van der Waals surface area contributed by atoms with E-state index in [9.17, 15) is 24.8 Å². The van der Waals surface area contributed by atoms with Gasteiger partial charge in [-0.3, -0.25) is 24.6 Å². The number of hydrogen-bond donors (Lipinski definition) is 1. The van der Waals surface area contributed by atoms with Crippen molar-refractivity contribution in [3.63, 3.8) is 0 Å². The molecule has 0 unspecified atom stereocenters. The van der Waals surface area contributed by atoms with Crippen molar-refractivity contribution < 1.29 is 28.9 Å². The van der Waals surface area contributed by atoms with E-state index >= 15 is 0 Å². The molecule has 2 heterocycles. The van der Waals surface area contributed by atoms with Gasteiger partial charge in [0.1, 0.15) is 17.3 Å². The van der Waals surface area contributed by atoms with Crippen molar-refractivity contribution in [3.05, 3.63) is 87.2 Å². The van der Waals surface area contributed by atoms with Crippen LogP contribution in [0.3, 0.4) is 0 Å². The van der Waals surface area contributed by atoms with E-state index in [1.165, 1.54) is 43.5 Å². The number of benzene rings is 2. The molecule has 4 rings (SSSR count). The number of aliphatic hydroxyl groups excluding tert-OH is 1. The summed E-state index contributed by atoms with van der Waals surface area (Å²) in [6, 6.07) is 12.2. The summed E-state index contributed by atoms with van der Waals surface area (Å²) in [6.45, 7) is 1.63. The second-order valence-corrected chi connectivity index (χ2v) is 7.05.